The number of anilines is 1. The Hall–Kier alpha value is -1.29. The Morgan fingerprint density at radius 3 is 2.83 bits per heavy atom. The van der Waals surface area contributed by atoms with E-state index in [0.717, 1.165) is 37.8 Å². The summed E-state index contributed by atoms with van der Waals surface area (Å²) in [7, 11) is 0. The largest absolute Gasteiger partial charge is 0.357 e. The number of aliphatic imine (C=N–C) groups is 1. The fourth-order valence-corrected chi connectivity index (χ4v) is 4.35. The van der Waals surface area contributed by atoms with Gasteiger partial charge in [0, 0.05) is 44.8 Å². The van der Waals surface area contributed by atoms with Gasteiger partial charge in [0.15, 0.2) is 5.96 Å². The molecule has 0 spiro atoms. The molecule has 30 heavy (non-hydrogen) atoms. The maximum Gasteiger partial charge on any atom is 0.220 e. The zero-order chi connectivity index (χ0) is 20.5. The van der Waals surface area contributed by atoms with Gasteiger partial charge in [-0.2, -0.15) is 0 Å². The molecule has 1 saturated carbocycles. The van der Waals surface area contributed by atoms with Crippen molar-refractivity contribution >= 4 is 53.3 Å². The second-order valence-electron chi connectivity index (χ2n) is 7.85. The van der Waals surface area contributed by atoms with Crippen molar-refractivity contribution in [3.05, 3.63) is 23.4 Å². The van der Waals surface area contributed by atoms with Gasteiger partial charge in [0.05, 0.1) is 11.6 Å². The number of pyridine rings is 1. The minimum absolute atomic E-state index is 0. The number of amides is 1. The molecule has 0 aromatic carbocycles. The maximum absolute atomic E-state index is 12.0. The summed E-state index contributed by atoms with van der Waals surface area (Å²) < 4.78 is 0. The number of nitrogens with one attached hydrogen (secondary N) is 3. The molecule has 7 nitrogen and oxygen atoms in total. The average molecular weight is 549 g/mol. The Bertz CT molecular complexity index is 698. The van der Waals surface area contributed by atoms with Crippen LogP contribution in [0, 0.1) is 5.92 Å². The first-order chi connectivity index (χ1) is 14.2. The van der Waals surface area contributed by atoms with E-state index in [0.29, 0.717) is 30.5 Å². The van der Waals surface area contributed by atoms with Gasteiger partial charge in [-0.15, -0.1) is 24.0 Å². The van der Waals surface area contributed by atoms with Crippen molar-refractivity contribution in [1.29, 1.82) is 0 Å². The average Bonchev–Trinajstić information content (AvgIpc) is 3.38. The van der Waals surface area contributed by atoms with Crippen LogP contribution in [0.3, 0.4) is 0 Å². The molecular weight excluding hydrogens is 515 g/mol. The number of carbonyl (C=O) groups excluding carboxylic acids is 1. The first kappa shape index (κ1) is 25.0. The van der Waals surface area contributed by atoms with E-state index in [-0.39, 0.29) is 35.9 Å². The molecular formula is C21H34ClIN6O. The molecule has 1 saturated heterocycles. The smallest absolute Gasteiger partial charge is 0.220 e. The number of halogens is 2. The second kappa shape index (κ2) is 13.2. The van der Waals surface area contributed by atoms with Crippen LogP contribution in [0.25, 0.3) is 0 Å². The molecule has 2 heterocycles. The van der Waals surface area contributed by atoms with Crippen molar-refractivity contribution in [2.45, 2.75) is 51.5 Å². The van der Waals surface area contributed by atoms with Gasteiger partial charge in [0.25, 0.3) is 0 Å². The molecule has 1 aromatic heterocycles. The standard InChI is InChI=1S/C21H33ClN6O.HI/c1-2-23-21(26-12-11-24-19(29)14-16-6-3-4-7-16)27-17-9-13-28(15-17)20-18(22)8-5-10-25-20;/h5,8,10,16-17H,2-4,6-7,9,11-15H2,1H3,(H,24,29)(H2,23,26,27);1H. The number of carbonyl (C=O) groups is 1. The predicted octanol–water partition coefficient (Wildman–Crippen LogP) is 3.18. The SMILES string of the molecule is CCNC(=NCCNC(=O)CC1CCCC1)NC1CCN(c2ncccc2Cl)C1.I. The van der Waals surface area contributed by atoms with Gasteiger partial charge in [-0.3, -0.25) is 9.79 Å². The fourth-order valence-electron chi connectivity index (χ4n) is 4.11. The van der Waals surface area contributed by atoms with Gasteiger partial charge in [0.2, 0.25) is 5.91 Å². The van der Waals surface area contributed by atoms with Gasteiger partial charge in [-0.05, 0) is 44.2 Å². The molecule has 1 unspecified atom stereocenters. The van der Waals surface area contributed by atoms with E-state index >= 15 is 0 Å². The lowest BCUT2D eigenvalue weighted by molar-refractivity contribution is -0.121. The first-order valence-corrected chi connectivity index (χ1v) is 11.2. The predicted molar refractivity (Wildman–Crippen MR) is 134 cm³/mol. The number of guanidine groups is 1. The summed E-state index contributed by atoms with van der Waals surface area (Å²) in [4.78, 5) is 23.3. The lowest BCUT2D eigenvalue weighted by Gasteiger charge is -2.20. The normalized spacial score (nSPS) is 19.5. The van der Waals surface area contributed by atoms with Gasteiger partial charge in [0.1, 0.15) is 5.82 Å². The summed E-state index contributed by atoms with van der Waals surface area (Å²) in [6, 6.07) is 4.00. The molecule has 1 aliphatic heterocycles. The highest BCUT2D eigenvalue weighted by molar-refractivity contribution is 14.0. The van der Waals surface area contributed by atoms with Gasteiger partial charge >= 0.3 is 0 Å². The molecule has 2 fully saturated rings. The highest BCUT2D eigenvalue weighted by atomic mass is 127. The Balaban J connectivity index is 0.00000320. The van der Waals surface area contributed by atoms with Crippen molar-refractivity contribution in [3.8, 4) is 0 Å². The van der Waals surface area contributed by atoms with Crippen LogP contribution in [0.5, 0.6) is 0 Å². The van der Waals surface area contributed by atoms with Gasteiger partial charge < -0.3 is 20.9 Å². The monoisotopic (exact) mass is 548 g/mol. The molecule has 3 N–H and O–H groups in total. The number of aromatic nitrogens is 1. The van der Waals surface area contributed by atoms with Crippen LogP contribution in [-0.2, 0) is 4.79 Å². The summed E-state index contributed by atoms with van der Waals surface area (Å²) in [6.45, 7) is 5.72. The molecule has 2 aliphatic rings. The van der Waals surface area contributed by atoms with Crippen LogP contribution >= 0.6 is 35.6 Å². The van der Waals surface area contributed by atoms with E-state index in [4.69, 9.17) is 11.6 Å². The first-order valence-electron chi connectivity index (χ1n) is 10.8. The third-order valence-corrected chi connectivity index (χ3v) is 5.86. The Morgan fingerprint density at radius 2 is 2.10 bits per heavy atom. The highest BCUT2D eigenvalue weighted by Gasteiger charge is 2.25. The molecule has 0 radical (unpaired) electrons. The number of hydrogen-bond acceptors (Lipinski definition) is 4. The van der Waals surface area contributed by atoms with Crippen molar-refractivity contribution in [2.24, 2.45) is 10.9 Å². The van der Waals surface area contributed by atoms with Crippen LogP contribution < -0.4 is 20.9 Å². The summed E-state index contributed by atoms with van der Waals surface area (Å²) in [5, 5.41) is 10.5. The summed E-state index contributed by atoms with van der Waals surface area (Å²) in [5.41, 5.74) is 0. The summed E-state index contributed by atoms with van der Waals surface area (Å²) in [5.74, 6) is 2.36. The molecule has 1 aliphatic carbocycles. The van der Waals surface area contributed by atoms with E-state index < -0.39 is 0 Å². The lowest BCUT2D eigenvalue weighted by atomic mass is 10.0. The second-order valence-corrected chi connectivity index (χ2v) is 8.26. The lowest BCUT2D eigenvalue weighted by Crippen LogP contribution is -2.45. The van der Waals surface area contributed by atoms with E-state index in [1.807, 2.05) is 12.1 Å². The number of hydrogen-bond donors (Lipinski definition) is 3. The van der Waals surface area contributed by atoms with Gasteiger partial charge in [-0.25, -0.2) is 4.98 Å². The van der Waals surface area contributed by atoms with E-state index in [1.165, 1.54) is 25.7 Å². The van der Waals surface area contributed by atoms with Crippen LogP contribution in [0.2, 0.25) is 5.02 Å². The van der Waals surface area contributed by atoms with Crippen molar-refractivity contribution in [1.82, 2.24) is 20.9 Å². The van der Waals surface area contributed by atoms with Crippen molar-refractivity contribution in [2.75, 3.05) is 37.6 Å². The number of rotatable bonds is 8. The zero-order valence-corrected chi connectivity index (χ0v) is 20.8. The van der Waals surface area contributed by atoms with E-state index in [2.05, 4.69) is 37.8 Å². The third-order valence-electron chi connectivity index (χ3n) is 5.56. The minimum Gasteiger partial charge on any atom is -0.357 e. The summed E-state index contributed by atoms with van der Waals surface area (Å²) in [6.07, 6.45) is 8.36. The molecule has 1 atom stereocenters. The summed E-state index contributed by atoms with van der Waals surface area (Å²) >= 11 is 6.28. The Labute approximate surface area is 201 Å². The van der Waals surface area contributed by atoms with Crippen molar-refractivity contribution in [3.63, 3.8) is 0 Å². The molecule has 9 heteroatoms. The van der Waals surface area contributed by atoms with Crippen LogP contribution in [0.4, 0.5) is 5.82 Å². The fraction of sp³-hybridized carbons (Fsp3) is 0.667. The molecule has 1 aromatic rings. The Morgan fingerprint density at radius 1 is 1.30 bits per heavy atom. The highest BCUT2D eigenvalue weighted by Crippen LogP contribution is 2.27. The molecule has 168 valence electrons. The van der Waals surface area contributed by atoms with Crippen LogP contribution in [-0.4, -0.2) is 55.6 Å². The maximum atomic E-state index is 12.0. The molecule has 0 bridgehead atoms. The van der Waals surface area contributed by atoms with Gasteiger partial charge in [-0.1, -0.05) is 24.4 Å². The van der Waals surface area contributed by atoms with E-state index in [9.17, 15) is 4.79 Å². The minimum atomic E-state index is 0. The van der Waals surface area contributed by atoms with E-state index in [1.54, 1.807) is 6.20 Å². The zero-order valence-electron chi connectivity index (χ0n) is 17.7. The quantitative estimate of drug-likeness (QED) is 0.201. The topological polar surface area (TPSA) is 81.6 Å². The Kier molecular flexibility index (Phi) is 11.0. The number of nitrogens with zero attached hydrogens (tertiary/aromatic N) is 3. The van der Waals surface area contributed by atoms with Crippen LogP contribution in [0.1, 0.15) is 45.4 Å². The third kappa shape index (κ3) is 7.76. The van der Waals surface area contributed by atoms with Crippen molar-refractivity contribution < 1.29 is 4.79 Å². The van der Waals surface area contributed by atoms with Crippen LogP contribution in [0.15, 0.2) is 23.3 Å². The molecule has 3 rings (SSSR count). The molecule has 1 amide bonds.